The van der Waals surface area contributed by atoms with Gasteiger partial charge in [-0.15, -0.1) is 0 Å². The molecule has 1 amide bonds. The molecule has 47 heavy (non-hydrogen) atoms. The number of unbranched alkanes of at least 4 members (excludes halogenated alkanes) is 16. The van der Waals surface area contributed by atoms with Crippen LogP contribution >= 0.6 is 11.8 Å². The molecule has 0 heterocycles. The van der Waals surface area contributed by atoms with Gasteiger partial charge in [0.15, 0.2) is 0 Å². The molecule has 0 rings (SSSR count). The largest absolute Gasteiger partial charge is 0.462 e. The summed E-state index contributed by atoms with van der Waals surface area (Å²) >= 11 is 1.46. The van der Waals surface area contributed by atoms with Crippen molar-refractivity contribution in [3.8, 4) is 0 Å². The number of nitrogens with two attached hydrogens (primary N) is 1. The number of carbonyl (C=O) groups is 3. The Kier molecular flexibility index (Phi) is 32.3. The van der Waals surface area contributed by atoms with E-state index in [2.05, 4.69) is 37.9 Å². The van der Waals surface area contributed by atoms with Crippen LogP contribution in [0.4, 0.5) is 0 Å². The zero-order chi connectivity index (χ0) is 35.0. The van der Waals surface area contributed by atoms with E-state index in [0.29, 0.717) is 24.3 Å². The van der Waals surface area contributed by atoms with Crippen LogP contribution in [0.5, 0.6) is 0 Å². The van der Waals surface area contributed by atoms with Crippen molar-refractivity contribution < 1.29 is 23.9 Å². The number of rotatable bonds is 34. The minimum atomic E-state index is -0.663. The molecule has 8 nitrogen and oxygen atoms in total. The Hall–Kier alpha value is -1.32. The average molecular weight is 686 g/mol. The van der Waals surface area contributed by atoms with Crippen molar-refractivity contribution in [3.63, 3.8) is 0 Å². The van der Waals surface area contributed by atoms with E-state index in [1.165, 1.54) is 88.8 Å². The fourth-order valence-corrected chi connectivity index (χ4v) is 6.49. The van der Waals surface area contributed by atoms with E-state index >= 15 is 0 Å². The Bertz CT molecular complexity index is 753. The number of nitrogens with one attached hydrogen (secondary N) is 1. The van der Waals surface area contributed by atoms with Gasteiger partial charge in [-0.3, -0.25) is 14.4 Å². The molecule has 0 radical (unpaired) electrons. The molecule has 1 unspecified atom stereocenters. The summed E-state index contributed by atoms with van der Waals surface area (Å²) < 4.78 is 11.3. The average Bonchev–Trinajstić information content (AvgIpc) is 3.05. The molecule has 278 valence electrons. The first-order valence-corrected chi connectivity index (χ1v) is 20.6. The van der Waals surface area contributed by atoms with Gasteiger partial charge in [-0.25, -0.2) is 0 Å². The van der Waals surface area contributed by atoms with Crippen molar-refractivity contribution in [2.75, 3.05) is 37.7 Å². The third-order valence-electron chi connectivity index (χ3n) is 8.80. The van der Waals surface area contributed by atoms with E-state index in [1.807, 2.05) is 6.92 Å². The molecule has 0 aromatic carbocycles. The Morgan fingerprint density at radius 2 is 1.15 bits per heavy atom. The minimum Gasteiger partial charge on any atom is -0.462 e. The summed E-state index contributed by atoms with van der Waals surface area (Å²) in [6.45, 7) is 13.7. The number of ether oxygens (including phenoxy) is 2. The molecular formula is C38H75N3O5S. The van der Waals surface area contributed by atoms with Gasteiger partial charge in [-0.1, -0.05) is 130 Å². The van der Waals surface area contributed by atoms with E-state index in [9.17, 15) is 14.4 Å². The fourth-order valence-electron chi connectivity index (χ4n) is 5.52. The first-order valence-electron chi connectivity index (χ1n) is 19.5. The van der Waals surface area contributed by atoms with Gasteiger partial charge in [0.05, 0.1) is 6.04 Å². The maximum absolute atomic E-state index is 12.7. The maximum Gasteiger partial charge on any atom is 0.306 e. The second-order valence-electron chi connectivity index (χ2n) is 13.3. The monoisotopic (exact) mass is 686 g/mol. The molecule has 0 bridgehead atoms. The summed E-state index contributed by atoms with van der Waals surface area (Å²) in [5.74, 6) is 0.154. The number of hydrogen-bond acceptors (Lipinski definition) is 8. The lowest BCUT2D eigenvalue weighted by Crippen LogP contribution is -2.46. The van der Waals surface area contributed by atoms with Crippen molar-refractivity contribution >= 4 is 29.6 Å². The fraction of sp³-hybridized carbons (Fsp3) is 0.921. The van der Waals surface area contributed by atoms with E-state index in [-0.39, 0.29) is 30.5 Å². The predicted molar refractivity (Wildman–Crippen MR) is 200 cm³/mol. The van der Waals surface area contributed by atoms with Crippen LogP contribution in [0.15, 0.2) is 0 Å². The molecule has 0 spiro atoms. The van der Waals surface area contributed by atoms with Crippen LogP contribution in [0.3, 0.4) is 0 Å². The molecule has 9 heteroatoms. The number of hydrogen-bond donors (Lipinski definition) is 2. The zero-order valence-electron chi connectivity index (χ0n) is 31.3. The number of thioether (sulfide) groups is 1. The highest BCUT2D eigenvalue weighted by molar-refractivity contribution is 7.99. The lowest BCUT2D eigenvalue weighted by atomic mass is 10.1. The maximum atomic E-state index is 12.7. The highest BCUT2D eigenvalue weighted by atomic mass is 32.2. The second kappa shape index (κ2) is 33.2. The number of carbonyl (C=O) groups excluding carboxylic acids is 3. The summed E-state index contributed by atoms with van der Waals surface area (Å²) in [5.41, 5.74) is 6.21. The van der Waals surface area contributed by atoms with Crippen molar-refractivity contribution in [2.24, 2.45) is 5.73 Å². The van der Waals surface area contributed by atoms with Crippen LogP contribution in [-0.4, -0.2) is 78.7 Å². The van der Waals surface area contributed by atoms with Crippen molar-refractivity contribution in [3.05, 3.63) is 0 Å². The van der Waals surface area contributed by atoms with Gasteiger partial charge >= 0.3 is 11.9 Å². The lowest BCUT2D eigenvalue weighted by Gasteiger charge is -2.22. The van der Waals surface area contributed by atoms with Crippen LogP contribution in [0.1, 0.15) is 169 Å². The predicted octanol–water partition coefficient (Wildman–Crippen LogP) is 8.58. The molecule has 0 aromatic heterocycles. The Balaban J connectivity index is 4.60. The molecular weight excluding hydrogens is 611 g/mol. The Morgan fingerprint density at radius 3 is 1.64 bits per heavy atom. The van der Waals surface area contributed by atoms with Crippen LogP contribution in [0, 0.1) is 0 Å². The molecule has 3 N–H and O–H groups in total. The van der Waals surface area contributed by atoms with Gasteiger partial charge in [0.2, 0.25) is 5.91 Å². The van der Waals surface area contributed by atoms with Crippen molar-refractivity contribution in [1.82, 2.24) is 10.2 Å². The van der Waals surface area contributed by atoms with Crippen LogP contribution < -0.4 is 11.1 Å². The van der Waals surface area contributed by atoms with E-state index < -0.39 is 12.1 Å². The van der Waals surface area contributed by atoms with Gasteiger partial charge in [0.25, 0.3) is 0 Å². The minimum absolute atomic E-state index is 0.0383. The summed E-state index contributed by atoms with van der Waals surface area (Å²) in [6.07, 6.45) is 22.4. The normalized spacial score (nSPS) is 13.3. The standard InChI is InChI=1S/C38H75N3O5S/c1-6-10-12-14-16-18-20-22-24-26-36(42)45-30-34(46-37(43)27-25-23-21-19-17-15-13-11-7-2)31-47-32-35(39)38(44)40-33(5)28-29-41(8-3)9-4/h33-35H,6-32,39H2,1-5H3,(H,40,44)/t33?,34-,35-/m1/s1. The van der Waals surface area contributed by atoms with Crippen LogP contribution in [0.2, 0.25) is 0 Å². The highest BCUT2D eigenvalue weighted by Crippen LogP contribution is 2.15. The molecule has 0 saturated carbocycles. The SMILES string of the molecule is CCCCCCCCCCCC(=O)OC[C@H](CSC[C@@H](N)C(=O)NC(C)CCN(CC)CC)OC(=O)CCCCCCCCCCC. The summed E-state index contributed by atoms with van der Waals surface area (Å²) in [5, 5.41) is 3.03. The quantitative estimate of drug-likeness (QED) is 0.0512. The molecule has 0 aliphatic carbocycles. The van der Waals surface area contributed by atoms with E-state index in [4.69, 9.17) is 15.2 Å². The highest BCUT2D eigenvalue weighted by Gasteiger charge is 2.21. The van der Waals surface area contributed by atoms with Gasteiger partial charge in [-0.05, 0) is 39.3 Å². The number of amides is 1. The van der Waals surface area contributed by atoms with Gasteiger partial charge in [-0.2, -0.15) is 11.8 Å². The first kappa shape index (κ1) is 45.7. The Morgan fingerprint density at radius 1 is 0.681 bits per heavy atom. The topological polar surface area (TPSA) is 111 Å². The molecule has 0 aliphatic rings. The number of nitrogens with zero attached hydrogens (tertiary/aromatic N) is 1. The molecule has 0 aliphatic heterocycles. The molecule has 3 atom stereocenters. The molecule has 0 aromatic rings. The van der Waals surface area contributed by atoms with E-state index in [0.717, 1.165) is 64.6 Å². The molecule has 0 saturated heterocycles. The van der Waals surface area contributed by atoms with E-state index in [1.54, 1.807) is 0 Å². The zero-order valence-corrected chi connectivity index (χ0v) is 32.1. The van der Waals surface area contributed by atoms with Gasteiger partial charge in [0, 0.05) is 36.9 Å². The summed E-state index contributed by atoms with van der Waals surface area (Å²) in [6, 6.07) is -0.623. The third kappa shape index (κ3) is 29.3. The number of esters is 2. The summed E-state index contributed by atoms with van der Waals surface area (Å²) in [4.78, 5) is 40.1. The lowest BCUT2D eigenvalue weighted by molar-refractivity contribution is -0.157. The van der Waals surface area contributed by atoms with Crippen LogP contribution in [-0.2, 0) is 23.9 Å². The van der Waals surface area contributed by atoms with Gasteiger partial charge < -0.3 is 25.4 Å². The van der Waals surface area contributed by atoms with Crippen molar-refractivity contribution in [1.29, 1.82) is 0 Å². The smallest absolute Gasteiger partial charge is 0.306 e. The van der Waals surface area contributed by atoms with Crippen LogP contribution in [0.25, 0.3) is 0 Å². The van der Waals surface area contributed by atoms with Gasteiger partial charge in [0.1, 0.15) is 12.7 Å². The Labute approximate surface area is 294 Å². The first-order chi connectivity index (χ1) is 22.8. The molecule has 0 fully saturated rings. The van der Waals surface area contributed by atoms with Crippen molar-refractivity contribution in [2.45, 2.75) is 188 Å². The summed E-state index contributed by atoms with van der Waals surface area (Å²) in [7, 11) is 0. The third-order valence-corrected chi connectivity index (χ3v) is 10.00. The second-order valence-corrected chi connectivity index (χ2v) is 14.4.